The molecule has 1 atom stereocenters. The molecule has 2 nitrogen and oxygen atoms in total. The number of aromatic hydroxyl groups is 1. The van der Waals surface area contributed by atoms with Gasteiger partial charge in [0.2, 0.25) is 0 Å². The summed E-state index contributed by atoms with van der Waals surface area (Å²) in [6, 6.07) is -1.78. The summed E-state index contributed by atoms with van der Waals surface area (Å²) < 4.78 is 61.9. The van der Waals surface area contributed by atoms with Gasteiger partial charge in [-0.1, -0.05) is 0 Å². The average molecular weight is 227 g/mol. The lowest BCUT2D eigenvalue weighted by Gasteiger charge is -2.17. The highest BCUT2D eigenvalue weighted by atomic mass is 19.4. The first-order valence-corrected chi connectivity index (χ1v) is 3.74. The second-order valence-corrected chi connectivity index (χ2v) is 2.81. The lowest BCUT2D eigenvalue weighted by Crippen LogP contribution is -2.29. The summed E-state index contributed by atoms with van der Waals surface area (Å²) in [6.07, 6.45) is -4.95. The largest absolute Gasteiger partial charge is 0.505 e. The van der Waals surface area contributed by atoms with Gasteiger partial charge < -0.3 is 10.8 Å². The average Bonchev–Trinajstić information content (AvgIpc) is 2.10. The number of benzene rings is 1. The first kappa shape index (κ1) is 11.7. The first-order valence-electron chi connectivity index (χ1n) is 3.74. The molecule has 0 fully saturated rings. The molecular weight excluding hydrogens is 221 g/mol. The Kier molecular flexibility index (Phi) is 2.85. The fourth-order valence-corrected chi connectivity index (χ4v) is 1.02. The Morgan fingerprint density at radius 2 is 1.60 bits per heavy atom. The van der Waals surface area contributed by atoms with Crippen LogP contribution in [0.4, 0.5) is 22.0 Å². The molecular formula is C8H6F5NO. The van der Waals surface area contributed by atoms with Crippen LogP contribution in [0.1, 0.15) is 11.6 Å². The van der Waals surface area contributed by atoms with E-state index in [-0.39, 0.29) is 0 Å². The van der Waals surface area contributed by atoms with E-state index in [1.165, 1.54) is 0 Å². The minimum Gasteiger partial charge on any atom is -0.505 e. The van der Waals surface area contributed by atoms with Crippen LogP contribution in [0, 0.1) is 11.6 Å². The Morgan fingerprint density at radius 1 is 1.13 bits per heavy atom. The molecule has 0 radical (unpaired) electrons. The molecule has 0 unspecified atom stereocenters. The van der Waals surface area contributed by atoms with Crippen molar-refractivity contribution >= 4 is 0 Å². The predicted molar refractivity (Wildman–Crippen MR) is 41.0 cm³/mol. The topological polar surface area (TPSA) is 46.2 Å². The van der Waals surface area contributed by atoms with E-state index < -0.39 is 35.2 Å². The zero-order chi connectivity index (χ0) is 11.8. The standard InChI is InChI=1S/C8H6F5NO/c9-3-1-2-4(10)6(15)5(3)7(14)8(11,12)13/h1-2,7,15H,14H2/t7-/m0/s1. The molecule has 1 aromatic carbocycles. The van der Waals surface area contributed by atoms with E-state index in [4.69, 9.17) is 5.11 Å². The Hall–Kier alpha value is -1.37. The molecule has 0 heterocycles. The van der Waals surface area contributed by atoms with Gasteiger partial charge in [0.25, 0.3) is 0 Å². The Labute approximate surface area is 81.1 Å². The van der Waals surface area contributed by atoms with Crippen molar-refractivity contribution in [2.24, 2.45) is 5.73 Å². The molecule has 0 aliphatic rings. The van der Waals surface area contributed by atoms with Crippen LogP contribution in [0.2, 0.25) is 0 Å². The van der Waals surface area contributed by atoms with E-state index in [9.17, 15) is 22.0 Å². The summed E-state index contributed by atoms with van der Waals surface area (Å²) in [7, 11) is 0. The highest BCUT2D eigenvalue weighted by Gasteiger charge is 2.41. The van der Waals surface area contributed by atoms with Crippen molar-refractivity contribution in [3.05, 3.63) is 29.3 Å². The van der Waals surface area contributed by atoms with Crippen LogP contribution in [0.15, 0.2) is 12.1 Å². The van der Waals surface area contributed by atoms with Crippen LogP contribution in [0.5, 0.6) is 5.75 Å². The molecule has 1 rings (SSSR count). The monoisotopic (exact) mass is 227 g/mol. The molecule has 84 valence electrons. The Balaban J connectivity index is 3.31. The summed E-state index contributed by atoms with van der Waals surface area (Å²) in [5.74, 6) is -4.18. The van der Waals surface area contributed by atoms with E-state index in [2.05, 4.69) is 5.73 Å². The molecule has 0 spiro atoms. The van der Waals surface area contributed by atoms with E-state index in [0.717, 1.165) is 0 Å². The van der Waals surface area contributed by atoms with Gasteiger partial charge in [-0.25, -0.2) is 8.78 Å². The van der Waals surface area contributed by atoms with Gasteiger partial charge in [0.05, 0.1) is 5.56 Å². The van der Waals surface area contributed by atoms with Crippen LogP contribution in [-0.2, 0) is 0 Å². The number of phenolic OH excluding ortho intramolecular Hbond substituents is 1. The van der Waals surface area contributed by atoms with Crippen molar-refractivity contribution in [3.63, 3.8) is 0 Å². The first-order chi connectivity index (χ1) is 6.75. The fourth-order valence-electron chi connectivity index (χ4n) is 1.02. The summed E-state index contributed by atoms with van der Waals surface area (Å²) in [4.78, 5) is 0. The van der Waals surface area contributed by atoms with Crippen LogP contribution in [0.3, 0.4) is 0 Å². The van der Waals surface area contributed by atoms with E-state index in [0.29, 0.717) is 12.1 Å². The summed E-state index contributed by atoms with van der Waals surface area (Å²) >= 11 is 0. The number of alkyl halides is 3. The zero-order valence-corrected chi connectivity index (χ0v) is 7.15. The SMILES string of the molecule is N[C@@H](c1c(F)ccc(F)c1O)C(F)(F)F. The molecule has 7 heteroatoms. The normalized spacial score (nSPS) is 14.0. The Morgan fingerprint density at radius 3 is 2.07 bits per heavy atom. The molecule has 15 heavy (non-hydrogen) atoms. The van der Waals surface area contributed by atoms with E-state index in [1.807, 2.05) is 0 Å². The molecule has 3 N–H and O–H groups in total. The molecule has 0 saturated heterocycles. The number of phenols is 1. The summed E-state index contributed by atoms with van der Waals surface area (Å²) in [5.41, 5.74) is 3.36. The second kappa shape index (κ2) is 3.65. The summed E-state index contributed by atoms with van der Waals surface area (Å²) in [6.45, 7) is 0. The van der Waals surface area contributed by atoms with Crippen molar-refractivity contribution in [1.82, 2.24) is 0 Å². The van der Waals surface area contributed by atoms with E-state index in [1.54, 1.807) is 0 Å². The molecule has 1 aromatic rings. The van der Waals surface area contributed by atoms with Gasteiger partial charge in [-0.05, 0) is 12.1 Å². The van der Waals surface area contributed by atoms with Crippen molar-refractivity contribution in [2.75, 3.05) is 0 Å². The van der Waals surface area contributed by atoms with E-state index >= 15 is 0 Å². The van der Waals surface area contributed by atoms with Gasteiger partial charge >= 0.3 is 6.18 Å². The number of hydrogen-bond acceptors (Lipinski definition) is 2. The van der Waals surface area contributed by atoms with Crippen LogP contribution >= 0.6 is 0 Å². The van der Waals surface area contributed by atoms with Gasteiger partial charge in [0.1, 0.15) is 11.9 Å². The van der Waals surface area contributed by atoms with Crippen molar-refractivity contribution in [3.8, 4) is 5.75 Å². The lowest BCUT2D eigenvalue weighted by molar-refractivity contribution is -0.150. The number of hydrogen-bond donors (Lipinski definition) is 2. The van der Waals surface area contributed by atoms with Gasteiger partial charge in [0, 0.05) is 0 Å². The Bertz CT molecular complexity index is 376. The highest BCUT2D eigenvalue weighted by Crippen LogP contribution is 2.37. The third-order valence-corrected chi connectivity index (χ3v) is 1.78. The third-order valence-electron chi connectivity index (χ3n) is 1.78. The fraction of sp³-hybridized carbons (Fsp3) is 0.250. The molecule has 0 aliphatic heterocycles. The molecule has 0 saturated carbocycles. The molecule has 0 aromatic heterocycles. The van der Waals surface area contributed by atoms with Gasteiger partial charge in [-0.2, -0.15) is 13.2 Å². The molecule has 0 bridgehead atoms. The van der Waals surface area contributed by atoms with Crippen LogP contribution in [0.25, 0.3) is 0 Å². The third kappa shape index (κ3) is 2.17. The van der Waals surface area contributed by atoms with Gasteiger partial charge in [0.15, 0.2) is 11.6 Å². The van der Waals surface area contributed by atoms with Crippen molar-refractivity contribution in [1.29, 1.82) is 0 Å². The minimum atomic E-state index is -4.95. The van der Waals surface area contributed by atoms with Crippen LogP contribution < -0.4 is 5.73 Å². The minimum absolute atomic E-state index is 0.468. The second-order valence-electron chi connectivity index (χ2n) is 2.81. The highest BCUT2D eigenvalue weighted by molar-refractivity contribution is 5.37. The van der Waals surface area contributed by atoms with Crippen molar-refractivity contribution in [2.45, 2.75) is 12.2 Å². The maximum absolute atomic E-state index is 12.9. The quantitative estimate of drug-likeness (QED) is 0.722. The number of nitrogens with two attached hydrogens (primary N) is 1. The zero-order valence-electron chi connectivity index (χ0n) is 7.15. The van der Waals surface area contributed by atoms with Crippen LogP contribution in [-0.4, -0.2) is 11.3 Å². The lowest BCUT2D eigenvalue weighted by atomic mass is 10.1. The predicted octanol–water partition coefficient (Wildman–Crippen LogP) is 2.23. The maximum atomic E-state index is 12.9. The molecule has 0 amide bonds. The number of rotatable bonds is 1. The maximum Gasteiger partial charge on any atom is 0.407 e. The smallest absolute Gasteiger partial charge is 0.407 e. The van der Waals surface area contributed by atoms with Gasteiger partial charge in [-0.3, -0.25) is 0 Å². The number of halogens is 5. The van der Waals surface area contributed by atoms with Crippen molar-refractivity contribution < 1.29 is 27.1 Å². The molecule has 0 aliphatic carbocycles. The van der Waals surface area contributed by atoms with Gasteiger partial charge in [-0.15, -0.1) is 0 Å². The summed E-state index contributed by atoms with van der Waals surface area (Å²) in [5, 5.41) is 8.92.